The Kier molecular flexibility index (Phi) is 1.93. The van der Waals surface area contributed by atoms with Crippen molar-refractivity contribution in [3.8, 4) is 6.07 Å². The molecule has 0 aromatic carbocycles. The van der Waals surface area contributed by atoms with Gasteiger partial charge in [0.15, 0.2) is 6.29 Å². The predicted molar refractivity (Wildman–Crippen MR) is 34.3 cm³/mol. The molecule has 1 aromatic heterocycles. The van der Waals surface area contributed by atoms with Crippen molar-refractivity contribution in [2.45, 2.75) is 0 Å². The minimum atomic E-state index is -0.848. The summed E-state index contributed by atoms with van der Waals surface area (Å²) >= 11 is 0. The van der Waals surface area contributed by atoms with E-state index < -0.39 is 5.95 Å². The zero-order valence-electron chi connectivity index (χ0n) is 5.41. The number of halogens is 1. The van der Waals surface area contributed by atoms with Gasteiger partial charge in [0.25, 0.3) is 0 Å². The number of pyridine rings is 1. The van der Waals surface area contributed by atoms with E-state index in [9.17, 15) is 9.18 Å². The molecule has 0 atom stereocenters. The highest BCUT2D eigenvalue weighted by Crippen LogP contribution is 2.03. The SMILES string of the molecule is N#Cc1cnc(F)c(C=O)c1. The van der Waals surface area contributed by atoms with E-state index >= 15 is 0 Å². The molecule has 11 heavy (non-hydrogen) atoms. The van der Waals surface area contributed by atoms with Gasteiger partial charge in [0.2, 0.25) is 5.95 Å². The molecule has 1 aromatic rings. The van der Waals surface area contributed by atoms with Gasteiger partial charge in [0.1, 0.15) is 6.07 Å². The Labute approximate surface area is 62.1 Å². The van der Waals surface area contributed by atoms with E-state index in [1.54, 1.807) is 6.07 Å². The van der Waals surface area contributed by atoms with Crippen LogP contribution in [0.4, 0.5) is 4.39 Å². The number of nitrogens with zero attached hydrogens (tertiary/aromatic N) is 2. The standard InChI is InChI=1S/C7H3FN2O/c8-7-6(4-11)1-5(2-9)3-10-7/h1,3-4H. The minimum absolute atomic E-state index is 0.175. The van der Waals surface area contributed by atoms with E-state index in [4.69, 9.17) is 5.26 Å². The third-order valence-electron chi connectivity index (χ3n) is 1.12. The summed E-state index contributed by atoms with van der Waals surface area (Å²) in [7, 11) is 0. The van der Waals surface area contributed by atoms with Crippen molar-refractivity contribution < 1.29 is 9.18 Å². The van der Waals surface area contributed by atoms with Crippen LogP contribution in [0.3, 0.4) is 0 Å². The number of nitriles is 1. The van der Waals surface area contributed by atoms with Crippen LogP contribution in [0.15, 0.2) is 12.3 Å². The molecule has 0 N–H and O–H groups in total. The fourth-order valence-corrected chi connectivity index (χ4v) is 0.609. The highest BCUT2D eigenvalue weighted by atomic mass is 19.1. The normalized spacial score (nSPS) is 8.73. The summed E-state index contributed by atoms with van der Waals surface area (Å²) in [6.45, 7) is 0. The molecule has 0 saturated carbocycles. The van der Waals surface area contributed by atoms with Crippen molar-refractivity contribution in [3.05, 3.63) is 29.3 Å². The van der Waals surface area contributed by atoms with E-state index in [1.165, 1.54) is 0 Å². The Balaban J connectivity index is 3.25. The van der Waals surface area contributed by atoms with Crippen molar-refractivity contribution in [2.75, 3.05) is 0 Å². The maximum atomic E-state index is 12.5. The van der Waals surface area contributed by atoms with Crippen molar-refractivity contribution in [3.63, 3.8) is 0 Å². The summed E-state index contributed by atoms with van der Waals surface area (Å²) in [5.74, 6) is -0.848. The van der Waals surface area contributed by atoms with Crippen LogP contribution in [0, 0.1) is 17.3 Å². The van der Waals surface area contributed by atoms with Crippen LogP contribution in [-0.2, 0) is 0 Å². The van der Waals surface area contributed by atoms with Gasteiger partial charge in [-0.25, -0.2) is 4.98 Å². The zero-order chi connectivity index (χ0) is 8.27. The second kappa shape index (κ2) is 2.88. The van der Waals surface area contributed by atoms with Crippen LogP contribution in [0.2, 0.25) is 0 Å². The van der Waals surface area contributed by atoms with Gasteiger partial charge in [0.05, 0.1) is 11.1 Å². The number of hydrogen-bond donors (Lipinski definition) is 0. The Morgan fingerprint density at radius 2 is 2.45 bits per heavy atom. The van der Waals surface area contributed by atoms with Gasteiger partial charge in [-0.05, 0) is 6.07 Å². The summed E-state index contributed by atoms with van der Waals surface area (Å²) in [5.41, 5.74) is -0.0162. The molecule has 4 heteroatoms. The first-order valence-corrected chi connectivity index (χ1v) is 2.78. The summed E-state index contributed by atoms with van der Waals surface area (Å²) < 4.78 is 12.5. The topological polar surface area (TPSA) is 53.8 Å². The molecule has 0 fully saturated rings. The van der Waals surface area contributed by atoms with E-state index in [0.717, 1.165) is 12.3 Å². The first kappa shape index (κ1) is 7.35. The van der Waals surface area contributed by atoms with Gasteiger partial charge in [-0.1, -0.05) is 0 Å². The summed E-state index contributed by atoms with van der Waals surface area (Å²) in [5, 5.41) is 8.32. The second-order valence-electron chi connectivity index (χ2n) is 1.83. The van der Waals surface area contributed by atoms with E-state index in [2.05, 4.69) is 4.98 Å². The molecule has 0 aliphatic heterocycles. The monoisotopic (exact) mass is 150 g/mol. The van der Waals surface area contributed by atoms with Crippen molar-refractivity contribution in [1.82, 2.24) is 4.98 Å². The van der Waals surface area contributed by atoms with Crippen LogP contribution in [0.1, 0.15) is 15.9 Å². The smallest absolute Gasteiger partial charge is 0.223 e. The number of carbonyl (C=O) groups excluding carboxylic acids is 1. The lowest BCUT2D eigenvalue weighted by atomic mass is 10.2. The quantitative estimate of drug-likeness (QED) is 0.441. The van der Waals surface area contributed by atoms with Gasteiger partial charge in [-0.3, -0.25) is 4.79 Å². The number of carbonyl (C=O) groups is 1. The molecule has 0 bridgehead atoms. The predicted octanol–water partition coefficient (Wildman–Crippen LogP) is 0.905. The van der Waals surface area contributed by atoms with Crippen LogP contribution in [0.25, 0.3) is 0 Å². The van der Waals surface area contributed by atoms with Crippen LogP contribution < -0.4 is 0 Å². The fraction of sp³-hybridized carbons (Fsp3) is 0. The molecule has 0 amide bonds. The fourth-order valence-electron chi connectivity index (χ4n) is 0.609. The largest absolute Gasteiger partial charge is 0.298 e. The molecule has 54 valence electrons. The average Bonchev–Trinajstić information content (AvgIpc) is 2.05. The highest BCUT2D eigenvalue weighted by molar-refractivity contribution is 5.75. The second-order valence-corrected chi connectivity index (χ2v) is 1.83. The Hall–Kier alpha value is -1.76. The van der Waals surface area contributed by atoms with Gasteiger partial charge in [0, 0.05) is 6.20 Å². The molecule has 0 saturated heterocycles. The lowest BCUT2D eigenvalue weighted by molar-refractivity contribution is 0.111. The van der Waals surface area contributed by atoms with E-state index in [0.29, 0.717) is 6.29 Å². The van der Waals surface area contributed by atoms with Gasteiger partial charge >= 0.3 is 0 Å². The molecule has 1 rings (SSSR count). The molecule has 1 heterocycles. The molecule has 0 unspecified atom stereocenters. The minimum Gasteiger partial charge on any atom is -0.298 e. The summed E-state index contributed by atoms with van der Waals surface area (Å²) in [6, 6.07) is 2.89. The Morgan fingerprint density at radius 1 is 1.73 bits per heavy atom. The molecular formula is C7H3FN2O. The van der Waals surface area contributed by atoms with Crippen molar-refractivity contribution in [2.24, 2.45) is 0 Å². The highest BCUT2D eigenvalue weighted by Gasteiger charge is 2.02. The molecule has 0 aliphatic rings. The molecule has 0 aliphatic carbocycles. The van der Waals surface area contributed by atoms with Gasteiger partial charge < -0.3 is 0 Å². The van der Waals surface area contributed by atoms with Crippen LogP contribution in [0.5, 0.6) is 0 Å². The van der Waals surface area contributed by atoms with Crippen LogP contribution >= 0.6 is 0 Å². The number of rotatable bonds is 1. The molecule has 0 spiro atoms. The van der Waals surface area contributed by atoms with Crippen LogP contribution in [-0.4, -0.2) is 11.3 Å². The first-order chi connectivity index (χ1) is 5.27. The molecular weight excluding hydrogens is 147 g/mol. The first-order valence-electron chi connectivity index (χ1n) is 2.78. The van der Waals surface area contributed by atoms with Gasteiger partial charge in [-0.2, -0.15) is 9.65 Å². The molecule has 3 nitrogen and oxygen atoms in total. The average molecular weight is 150 g/mol. The van der Waals surface area contributed by atoms with Gasteiger partial charge in [-0.15, -0.1) is 0 Å². The maximum absolute atomic E-state index is 12.5. The lowest BCUT2D eigenvalue weighted by Crippen LogP contribution is -1.92. The summed E-state index contributed by atoms with van der Waals surface area (Å²) in [6.07, 6.45) is 1.39. The number of aromatic nitrogens is 1. The summed E-state index contributed by atoms with van der Waals surface area (Å²) in [4.78, 5) is 13.3. The van der Waals surface area contributed by atoms with E-state index in [1.807, 2.05) is 0 Å². The van der Waals surface area contributed by atoms with E-state index in [-0.39, 0.29) is 11.1 Å². The zero-order valence-corrected chi connectivity index (χ0v) is 5.41. The Bertz CT molecular complexity index is 330. The number of hydrogen-bond acceptors (Lipinski definition) is 3. The maximum Gasteiger partial charge on any atom is 0.223 e. The Morgan fingerprint density at radius 3 is 3.00 bits per heavy atom. The van der Waals surface area contributed by atoms with Crippen molar-refractivity contribution >= 4 is 6.29 Å². The number of aldehydes is 1. The molecule has 0 radical (unpaired) electrons. The third-order valence-corrected chi connectivity index (χ3v) is 1.12. The lowest BCUT2D eigenvalue weighted by Gasteiger charge is -1.91. The van der Waals surface area contributed by atoms with Crippen molar-refractivity contribution in [1.29, 1.82) is 5.26 Å². The third kappa shape index (κ3) is 1.38.